The van der Waals surface area contributed by atoms with Crippen LogP contribution in [0.15, 0.2) is 72.9 Å². The van der Waals surface area contributed by atoms with Gasteiger partial charge in [-0.05, 0) is 110 Å². The molecule has 1 spiro atoms. The molecule has 0 radical (unpaired) electrons. The maximum Gasteiger partial charge on any atom is 0.329 e. The maximum atomic E-state index is 12.6. The van der Waals surface area contributed by atoms with Gasteiger partial charge in [0.2, 0.25) is 0 Å². The van der Waals surface area contributed by atoms with E-state index in [9.17, 15) is 9.90 Å². The number of aryl methyl sites for hydroxylation is 1. The average molecular weight is 543 g/mol. The Bertz CT molecular complexity index is 1500. The Kier molecular flexibility index (Phi) is 6.80. The van der Waals surface area contributed by atoms with E-state index >= 15 is 0 Å². The number of carboxylic acids is 1. The predicted molar refractivity (Wildman–Crippen MR) is 157 cm³/mol. The summed E-state index contributed by atoms with van der Waals surface area (Å²) in [7, 11) is 0. The van der Waals surface area contributed by atoms with Crippen LogP contribution >= 0.6 is 11.6 Å². The highest BCUT2D eigenvalue weighted by atomic mass is 35.5. The topological polar surface area (TPSA) is 74.3 Å². The number of ether oxygens (including phenoxy) is 1. The highest BCUT2D eigenvalue weighted by Gasteiger charge is 2.53. The maximum absolute atomic E-state index is 12.6. The van der Waals surface area contributed by atoms with Gasteiger partial charge in [-0.25, -0.2) is 4.79 Å². The van der Waals surface area contributed by atoms with E-state index in [1.807, 2.05) is 18.3 Å². The SMILES string of the molecule is Cc1ccc2[nH]ccc2c1OCCC[C@@H]1Cc2ccccc2C12CCC(Nc1cccc(Cl)c1)(C(=O)O)CC2. The molecule has 5 nitrogen and oxygen atoms in total. The number of nitrogens with one attached hydrogen (secondary N) is 2. The third kappa shape index (κ3) is 4.67. The van der Waals surface area contributed by atoms with Crippen LogP contribution in [-0.4, -0.2) is 28.2 Å². The summed E-state index contributed by atoms with van der Waals surface area (Å²) in [6.45, 7) is 2.77. The first kappa shape index (κ1) is 25.8. The Labute approximate surface area is 234 Å². The lowest BCUT2D eigenvalue weighted by Gasteiger charge is -2.47. The third-order valence-electron chi connectivity index (χ3n) is 9.24. The normalized spacial score (nSPS) is 24.1. The molecule has 1 heterocycles. The van der Waals surface area contributed by atoms with Crippen LogP contribution in [0.4, 0.5) is 5.69 Å². The lowest BCUT2D eigenvalue weighted by molar-refractivity contribution is -0.144. The minimum Gasteiger partial charge on any atom is -0.493 e. The summed E-state index contributed by atoms with van der Waals surface area (Å²) in [4.78, 5) is 15.9. The molecule has 1 aromatic heterocycles. The molecular formula is C33H35ClN2O3. The zero-order valence-corrected chi connectivity index (χ0v) is 23.1. The standard InChI is InChI=1S/C33H35ClN2O3/c1-22-11-12-29-27(13-18-35-29)30(22)39-19-5-7-24-20-23-6-2-3-10-28(23)32(24)14-16-33(17-15-32,31(37)38)36-26-9-4-8-25(34)21-26/h2-4,6,8-13,18,21,24,35-36H,5,7,14-17,19-20H2,1H3,(H,37,38)/t24-,32?,33?/m1/s1. The molecule has 3 aromatic carbocycles. The van der Waals surface area contributed by atoms with Gasteiger partial charge in [0.05, 0.1) is 6.61 Å². The van der Waals surface area contributed by atoms with E-state index in [2.05, 4.69) is 59.7 Å². The van der Waals surface area contributed by atoms with Gasteiger partial charge in [0, 0.05) is 27.8 Å². The summed E-state index contributed by atoms with van der Waals surface area (Å²) in [5.74, 6) is 0.651. The van der Waals surface area contributed by atoms with Crippen molar-refractivity contribution in [3.05, 3.63) is 94.6 Å². The summed E-state index contributed by atoms with van der Waals surface area (Å²) in [5.41, 5.74) is 4.85. The predicted octanol–water partition coefficient (Wildman–Crippen LogP) is 7.91. The van der Waals surface area contributed by atoms with Crippen molar-refractivity contribution in [3.63, 3.8) is 0 Å². The number of aromatic nitrogens is 1. The van der Waals surface area contributed by atoms with Crippen LogP contribution in [0.25, 0.3) is 10.9 Å². The van der Waals surface area contributed by atoms with Crippen molar-refractivity contribution >= 4 is 34.2 Å². The molecule has 39 heavy (non-hydrogen) atoms. The third-order valence-corrected chi connectivity index (χ3v) is 9.48. The summed E-state index contributed by atoms with van der Waals surface area (Å²) in [5, 5.41) is 15.5. The van der Waals surface area contributed by atoms with E-state index < -0.39 is 11.5 Å². The van der Waals surface area contributed by atoms with E-state index in [0.717, 1.165) is 60.0 Å². The second kappa shape index (κ2) is 10.3. The van der Waals surface area contributed by atoms with Gasteiger partial charge in [0.1, 0.15) is 11.3 Å². The fraction of sp³-hybridized carbons (Fsp3) is 0.364. The van der Waals surface area contributed by atoms with Crippen LogP contribution in [0.5, 0.6) is 5.75 Å². The monoisotopic (exact) mass is 542 g/mol. The van der Waals surface area contributed by atoms with Gasteiger partial charge < -0.3 is 20.1 Å². The van der Waals surface area contributed by atoms with Crippen LogP contribution in [0, 0.1) is 12.8 Å². The van der Waals surface area contributed by atoms with Crippen LogP contribution in [-0.2, 0) is 16.6 Å². The zero-order chi connectivity index (χ0) is 27.0. The van der Waals surface area contributed by atoms with Crippen molar-refractivity contribution in [2.75, 3.05) is 11.9 Å². The molecule has 1 fully saturated rings. The Balaban J connectivity index is 1.18. The molecule has 6 heteroatoms. The largest absolute Gasteiger partial charge is 0.493 e. The van der Waals surface area contributed by atoms with Crippen LogP contribution in [0.1, 0.15) is 55.2 Å². The molecule has 6 rings (SSSR count). The molecule has 0 unspecified atom stereocenters. The number of benzene rings is 3. The van der Waals surface area contributed by atoms with Crippen molar-refractivity contribution in [1.82, 2.24) is 4.98 Å². The molecule has 3 N–H and O–H groups in total. The number of halogens is 1. The average Bonchev–Trinajstić information content (AvgIpc) is 3.52. The number of fused-ring (bicyclic) bond motifs is 3. The van der Waals surface area contributed by atoms with E-state index in [1.54, 1.807) is 12.1 Å². The summed E-state index contributed by atoms with van der Waals surface area (Å²) < 4.78 is 6.34. The lowest BCUT2D eigenvalue weighted by atomic mass is 9.60. The van der Waals surface area contributed by atoms with Gasteiger partial charge in [0.25, 0.3) is 0 Å². The Morgan fingerprint density at radius 2 is 1.90 bits per heavy atom. The highest BCUT2D eigenvalue weighted by molar-refractivity contribution is 6.30. The number of rotatable bonds is 8. The summed E-state index contributed by atoms with van der Waals surface area (Å²) in [6, 6.07) is 22.4. The Hall–Kier alpha value is -3.44. The number of carboxylic acid groups (broad SMARTS) is 1. The number of aliphatic carboxylic acids is 1. The van der Waals surface area contributed by atoms with Crippen molar-refractivity contribution < 1.29 is 14.6 Å². The number of H-pyrrole nitrogens is 1. The van der Waals surface area contributed by atoms with Crippen molar-refractivity contribution in [2.24, 2.45) is 5.92 Å². The number of anilines is 1. The quantitative estimate of drug-likeness (QED) is 0.198. The first-order chi connectivity index (χ1) is 18.9. The van der Waals surface area contributed by atoms with Crippen LogP contribution in [0.3, 0.4) is 0 Å². The van der Waals surface area contributed by atoms with Gasteiger partial charge in [0.15, 0.2) is 0 Å². The molecule has 1 saturated carbocycles. The molecule has 1 atom stereocenters. The number of aromatic amines is 1. The molecule has 202 valence electrons. The number of hydrogen-bond acceptors (Lipinski definition) is 3. The molecule has 2 aliphatic carbocycles. The van der Waals surface area contributed by atoms with Crippen molar-refractivity contribution in [2.45, 2.75) is 62.8 Å². The fourth-order valence-electron chi connectivity index (χ4n) is 7.19. The number of carbonyl (C=O) groups is 1. The zero-order valence-electron chi connectivity index (χ0n) is 22.3. The first-order valence-electron chi connectivity index (χ1n) is 14.0. The molecule has 0 aliphatic heterocycles. The van der Waals surface area contributed by atoms with E-state index in [1.165, 1.54) is 11.1 Å². The van der Waals surface area contributed by atoms with Crippen molar-refractivity contribution in [3.8, 4) is 5.75 Å². The van der Waals surface area contributed by atoms with Gasteiger partial charge in [-0.15, -0.1) is 0 Å². The van der Waals surface area contributed by atoms with E-state index in [-0.39, 0.29) is 5.41 Å². The second-order valence-corrected chi connectivity index (χ2v) is 11.8. The van der Waals surface area contributed by atoms with Gasteiger partial charge in [-0.3, -0.25) is 0 Å². The number of hydrogen-bond donors (Lipinski definition) is 3. The molecule has 4 aromatic rings. The minimum atomic E-state index is -0.992. The lowest BCUT2D eigenvalue weighted by Crippen LogP contribution is -2.53. The van der Waals surface area contributed by atoms with E-state index in [0.29, 0.717) is 30.4 Å². The molecule has 2 aliphatic rings. The Morgan fingerprint density at radius 3 is 2.69 bits per heavy atom. The van der Waals surface area contributed by atoms with Gasteiger partial charge >= 0.3 is 5.97 Å². The van der Waals surface area contributed by atoms with Crippen LogP contribution in [0.2, 0.25) is 5.02 Å². The molecular weight excluding hydrogens is 508 g/mol. The Morgan fingerprint density at radius 1 is 1.08 bits per heavy atom. The first-order valence-corrected chi connectivity index (χ1v) is 14.3. The van der Waals surface area contributed by atoms with Crippen molar-refractivity contribution in [1.29, 1.82) is 0 Å². The van der Waals surface area contributed by atoms with Gasteiger partial charge in [-0.1, -0.05) is 48.0 Å². The van der Waals surface area contributed by atoms with Gasteiger partial charge in [-0.2, -0.15) is 0 Å². The summed E-state index contributed by atoms with van der Waals surface area (Å²) in [6.07, 6.45) is 7.86. The molecule has 0 saturated heterocycles. The molecule has 0 bridgehead atoms. The van der Waals surface area contributed by atoms with Crippen LogP contribution < -0.4 is 10.1 Å². The molecule has 0 amide bonds. The van der Waals surface area contributed by atoms with E-state index in [4.69, 9.17) is 16.3 Å². The summed E-state index contributed by atoms with van der Waals surface area (Å²) >= 11 is 6.19. The fourth-order valence-corrected chi connectivity index (χ4v) is 7.38. The smallest absolute Gasteiger partial charge is 0.329 e. The minimum absolute atomic E-state index is 0.00211. The second-order valence-electron chi connectivity index (χ2n) is 11.4. The highest BCUT2D eigenvalue weighted by Crippen LogP contribution is 2.55.